The maximum absolute atomic E-state index is 14.0. The van der Waals surface area contributed by atoms with Gasteiger partial charge < -0.3 is 26.2 Å². The molecule has 18 heteroatoms. The molecule has 0 aliphatic carbocycles. The average Bonchev–Trinajstić information content (AvgIpc) is 3.53. The number of nitrogens with one attached hydrogen (secondary N) is 3. The summed E-state index contributed by atoms with van der Waals surface area (Å²) in [5.41, 5.74) is 0.423. The highest BCUT2D eigenvalue weighted by molar-refractivity contribution is 5.87. The highest BCUT2D eigenvalue weighted by atomic mass is 19.4. The Labute approximate surface area is 295 Å². The molecule has 5 N–H and O–H groups in total. The van der Waals surface area contributed by atoms with Gasteiger partial charge in [-0.15, -0.1) is 5.10 Å². The number of hydrogen-bond acceptors (Lipinski definition) is 7. The number of aromatic nitrogens is 3. The van der Waals surface area contributed by atoms with Gasteiger partial charge in [0.05, 0.1) is 22.9 Å². The molecule has 3 aromatic rings. The molecule has 0 bridgehead atoms. The summed E-state index contributed by atoms with van der Waals surface area (Å²) in [6.45, 7) is 4.36. The van der Waals surface area contributed by atoms with Crippen molar-refractivity contribution in [3.8, 4) is 11.4 Å². The van der Waals surface area contributed by atoms with E-state index in [0.717, 1.165) is 31.7 Å². The quantitative estimate of drug-likeness (QED) is 0.214. The predicted molar refractivity (Wildman–Crippen MR) is 179 cm³/mol. The first-order valence-electron chi connectivity index (χ1n) is 17.3. The SMILES string of the molecule is Nc1c(C(F)(F)F)cc(C[C@@H](NC(=O)N2CCC(n3nc(-c4ccccc4)[nH]c3=O)CC2)C(=O)N2CCC(N3CCNCC3)CC2)cc1C(F)(F)F. The second-order valence-corrected chi connectivity index (χ2v) is 13.5. The summed E-state index contributed by atoms with van der Waals surface area (Å²) in [5, 5.41) is 10.4. The fourth-order valence-electron chi connectivity index (χ4n) is 7.32. The number of halogens is 6. The standard InChI is InChI=1S/C34H41F6N9O3/c35-33(36,37)25-18-21(19-26(28(25)41)34(38,39)40)20-27(30(50)47-12-6-23(7-13-47)46-16-10-42-11-17-46)43-31(51)48-14-8-24(9-15-48)49-32(52)44-29(45-49)22-4-2-1-3-5-22/h1-5,18-19,23-24,27,42H,6-17,20,41H2,(H,43,51)(H,44,45,52)/t27-/m1/s1. The minimum Gasteiger partial charge on any atom is -0.398 e. The molecular weight excluding hydrogens is 696 g/mol. The van der Waals surface area contributed by atoms with Gasteiger partial charge in [-0.1, -0.05) is 30.3 Å². The van der Waals surface area contributed by atoms with E-state index in [1.54, 1.807) is 12.1 Å². The minimum absolute atomic E-state index is 0.159. The monoisotopic (exact) mass is 737 g/mol. The topological polar surface area (TPSA) is 145 Å². The molecule has 3 aliphatic heterocycles. The van der Waals surface area contributed by atoms with Crippen LogP contribution in [0.1, 0.15) is 48.4 Å². The van der Waals surface area contributed by atoms with Crippen LogP contribution in [0.2, 0.25) is 0 Å². The van der Waals surface area contributed by atoms with Gasteiger partial charge in [0.1, 0.15) is 6.04 Å². The normalized spacial score (nSPS) is 19.1. The summed E-state index contributed by atoms with van der Waals surface area (Å²) in [4.78, 5) is 48.3. The lowest BCUT2D eigenvalue weighted by molar-refractivity contribution is -0.141. The van der Waals surface area contributed by atoms with Crippen molar-refractivity contribution >= 4 is 17.6 Å². The number of amides is 3. The molecule has 0 unspecified atom stereocenters. The van der Waals surface area contributed by atoms with Gasteiger partial charge in [0.2, 0.25) is 5.91 Å². The number of rotatable bonds is 7. The Balaban J connectivity index is 1.19. The molecule has 3 amide bonds. The van der Waals surface area contributed by atoms with Crippen LogP contribution in [0.15, 0.2) is 47.3 Å². The van der Waals surface area contributed by atoms with Crippen LogP contribution < -0.4 is 22.1 Å². The number of nitrogen functional groups attached to an aromatic ring is 1. The third-order valence-corrected chi connectivity index (χ3v) is 10.1. The number of hydrogen-bond donors (Lipinski definition) is 4. The predicted octanol–water partition coefficient (Wildman–Crippen LogP) is 3.71. The third-order valence-electron chi connectivity index (χ3n) is 10.1. The summed E-state index contributed by atoms with van der Waals surface area (Å²) in [7, 11) is 0. The Morgan fingerprint density at radius 3 is 1.98 bits per heavy atom. The molecule has 0 saturated carbocycles. The molecule has 52 heavy (non-hydrogen) atoms. The molecule has 1 atom stereocenters. The molecule has 2 aromatic carbocycles. The Kier molecular flexibility index (Phi) is 10.9. The molecule has 0 radical (unpaired) electrons. The molecule has 6 rings (SSSR count). The van der Waals surface area contributed by atoms with Gasteiger partial charge in [-0.3, -0.25) is 14.7 Å². The van der Waals surface area contributed by atoms with E-state index in [-0.39, 0.29) is 25.2 Å². The number of piperazine rings is 1. The van der Waals surface area contributed by atoms with E-state index in [9.17, 15) is 40.7 Å². The van der Waals surface area contributed by atoms with E-state index in [4.69, 9.17) is 5.73 Å². The molecule has 3 saturated heterocycles. The van der Waals surface area contributed by atoms with Crippen molar-refractivity contribution in [2.75, 3.05) is 58.1 Å². The Bertz CT molecular complexity index is 1740. The summed E-state index contributed by atoms with van der Waals surface area (Å²) < 4.78 is 84.5. The Hall–Kier alpha value is -4.58. The molecule has 0 spiro atoms. The van der Waals surface area contributed by atoms with Gasteiger partial charge in [0.15, 0.2) is 5.82 Å². The highest BCUT2D eigenvalue weighted by Crippen LogP contribution is 2.42. The van der Waals surface area contributed by atoms with E-state index in [2.05, 4.69) is 25.6 Å². The number of alkyl halides is 6. The fourth-order valence-corrected chi connectivity index (χ4v) is 7.32. The van der Waals surface area contributed by atoms with Crippen molar-refractivity contribution in [1.29, 1.82) is 0 Å². The molecule has 3 fully saturated rings. The van der Waals surface area contributed by atoms with Crippen LogP contribution in [-0.2, 0) is 23.6 Å². The van der Waals surface area contributed by atoms with E-state index in [0.29, 0.717) is 56.7 Å². The first-order valence-corrected chi connectivity index (χ1v) is 17.3. The number of aromatic amines is 1. The van der Waals surface area contributed by atoms with Crippen molar-refractivity contribution < 1.29 is 35.9 Å². The van der Waals surface area contributed by atoms with Crippen LogP contribution in [0.25, 0.3) is 11.4 Å². The smallest absolute Gasteiger partial charge is 0.398 e. The van der Waals surface area contributed by atoms with E-state index < -0.39 is 64.8 Å². The van der Waals surface area contributed by atoms with Crippen LogP contribution in [-0.4, -0.2) is 106 Å². The zero-order valence-corrected chi connectivity index (χ0v) is 28.3. The number of nitrogens with zero attached hydrogens (tertiary/aromatic N) is 5. The van der Waals surface area contributed by atoms with Crippen LogP contribution >= 0.6 is 0 Å². The summed E-state index contributed by atoms with van der Waals surface area (Å²) >= 11 is 0. The summed E-state index contributed by atoms with van der Waals surface area (Å²) in [6, 6.07) is 7.81. The van der Waals surface area contributed by atoms with E-state index >= 15 is 0 Å². The molecule has 4 heterocycles. The van der Waals surface area contributed by atoms with Gasteiger partial charge in [0.25, 0.3) is 0 Å². The highest BCUT2D eigenvalue weighted by Gasteiger charge is 2.42. The summed E-state index contributed by atoms with van der Waals surface area (Å²) in [5.74, 6) is -0.202. The number of carbonyl (C=O) groups excluding carboxylic acids is 2. The van der Waals surface area contributed by atoms with Gasteiger partial charge in [-0.05, 0) is 43.4 Å². The Morgan fingerprint density at radius 2 is 1.40 bits per heavy atom. The van der Waals surface area contributed by atoms with Gasteiger partial charge in [0, 0.05) is 70.4 Å². The minimum atomic E-state index is -5.20. The number of urea groups is 1. The van der Waals surface area contributed by atoms with Crippen molar-refractivity contribution in [3.05, 3.63) is 69.6 Å². The van der Waals surface area contributed by atoms with Gasteiger partial charge in [-0.25, -0.2) is 14.3 Å². The zero-order chi connectivity index (χ0) is 37.2. The second kappa shape index (κ2) is 15.2. The first-order chi connectivity index (χ1) is 24.7. The van der Waals surface area contributed by atoms with Crippen molar-refractivity contribution in [2.24, 2.45) is 0 Å². The zero-order valence-electron chi connectivity index (χ0n) is 28.3. The number of H-pyrrole nitrogens is 1. The van der Waals surface area contributed by atoms with Gasteiger partial charge >= 0.3 is 24.1 Å². The van der Waals surface area contributed by atoms with E-state index in [1.807, 2.05) is 18.2 Å². The van der Waals surface area contributed by atoms with Crippen LogP contribution in [0, 0.1) is 0 Å². The maximum Gasteiger partial charge on any atom is 0.418 e. The number of nitrogens with two attached hydrogens (primary N) is 1. The number of carbonyl (C=O) groups is 2. The van der Waals surface area contributed by atoms with Crippen LogP contribution in [0.5, 0.6) is 0 Å². The summed E-state index contributed by atoms with van der Waals surface area (Å²) in [6.07, 6.45) is -9.07. The number of piperidine rings is 2. The molecular formula is C34H41F6N9O3. The fraction of sp³-hybridized carbons (Fsp3) is 0.529. The number of benzene rings is 2. The Morgan fingerprint density at radius 1 is 0.846 bits per heavy atom. The van der Waals surface area contributed by atoms with E-state index in [1.165, 1.54) is 14.5 Å². The van der Waals surface area contributed by atoms with Crippen molar-refractivity contribution in [2.45, 2.75) is 62.6 Å². The van der Waals surface area contributed by atoms with Crippen molar-refractivity contribution in [3.63, 3.8) is 0 Å². The van der Waals surface area contributed by atoms with Crippen molar-refractivity contribution in [1.82, 2.24) is 40.1 Å². The molecule has 3 aliphatic rings. The molecule has 1 aromatic heterocycles. The number of anilines is 1. The molecule has 282 valence electrons. The van der Waals surface area contributed by atoms with Crippen LogP contribution in [0.3, 0.4) is 0 Å². The lowest BCUT2D eigenvalue weighted by Crippen LogP contribution is -2.57. The lowest BCUT2D eigenvalue weighted by Gasteiger charge is -2.41. The average molecular weight is 738 g/mol. The van der Waals surface area contributed by atoms with Gasteiger partial charge in [-0.2, -0.15) is 26.3 Å². The second-order valence-electron chi connectivity index (χ2n) is 13.5. The third kappa shape index (κ3) is 8.38. The maximum atomic E-state index is 14.0. The van der Waals surface area contributed by atoms with Crippen LogP contribution in [0.4, 0.5) is 36.8 Å². The first kappa shape index (κ1) is 37.2. The molecule has 12 nitrogen and oxygen atoms in total. The largest absolute Gasteiger partial charge is 0.418 e. The lowest BCUT2D eigenvalue weighted by atomic mass is 9.96. The number of likely N-dealkylation sites (tertiary alicyclic amines) is 2.